The first-order chi connectivity index (χ1) is 11.0. The molecule has 0 radical (unpaired) electrons. The van der Waals surface area contributed by atoms with Crippen LogP contribution in [0.5, 0.6) is 0 Å². The summed E-state index contributed by atoms with van der Waals surface area (Å²) in [5.41, 5.74) is 2.04. The van der Waals surface area contributed by atoms with Gasteiger partial charge in [-0.1, -0.05) is 27.7 Å². The SMILES string of the molecule is CCc1nnc(N2CCCC(CNC(=O)C(C)C)C2)nc1CC. The van der Waals surface area contributed by atoms with Gasteiger partial charge in [0.1, 0.15) is 0 Å². The molecule has 23 heavy (non-hydrogen) atoms. The van der Waals surface area contributed by atoms with Gasteiger partial charge in [0.15, 0.2) is 0 Å². The molecule has 128 valence electrons. The zero-order valence-electron chi connectivity index (χ0n) is 14.8. The van der Waals surface area contributed by atoms with Gasteiger partial charge < -0.3 is 10.2 Å². The van der Waals surface area contributed by atoms with Crippen molar-refractivity contribution >= 4 is 11.9 Å². The summed E-state index contributed by atoms with van der Waals surface area (Å²) in [6.07, 6.45) is 3.99. The Morgan fingerprint density at radius 1 is 1.26 bits per heavy atom. The smallest absolute Gasteiger partial charge is 0.245 e. The van der Waals surface area contributed by atoms with Gasteiger partial charge in [0.05, 0.1) is 11.4 Å². The predicted molar refractivity (Wildman–Crippen MR) is 91.4 cm³/mol. The van der Waals surface area contributed by atoms with Crippen molar-refractivity contribution in [2.24, 2.45) is 11.8 Å². The number of carbonyl (C=O) groups is 1. The lowest BCUT2D eigenvalue weighted by atomic mass is 9.98. The van der Waals surface area contributed by atoms with Crippen LogP contribution in [0.15, 0.2) is 0 Å². The summed E-state index contributed by atoms with van der Waals surface area (Å²) in [7, 11) is 0. The predicted octanol–water partition coefficient (Wildman–Crippen LogP) is 1.98. The van der Waals surface area contributed by atoms with Crippen LogP contribution in [0.2, 0.25) is 0 Å². The number of piperidine rings is 1. The summed E-state index contributed by atoms with van der Waals surface area (Å²) < 4.78 is 0. The van der Waals surface area contributed by atoms with E-state index in [1.54, 1.807) is 0 Å². The number of amides is 1. The van der Waals surface area contributed by atoms with Gasteiger partial charge in [-0.3, -0.25) is 4.79 Å². The molecule has 1 aliphatic rings. The molecule has 0 spiro atoms. The van der Waals surface area contributed by atoms with Crippen molar-refractivity contribution < 1.29 is 4.79 Å². The molecule has 1 aromatic rings. The van der Waals surface area contributed by atoms with Gasteiger partial charge in [-0.15, -0.1) is 5.10 Å². The molecule has 0 saturated carbocycles. The van der Waals surface area contributed by atoms with Crippen molar-refractivity contribution in [1.82, 2.24) is 20.5 Å². The third kappa shape index (κ3) is 4.62. The standard InChI is InChI=1S/C17H29N5O/c1-5-14-15(6-2)20-21-17(19-14)22-9-7-8-13(11-22)10-18-16(23)12(3)4/h12-13H,5-11H2,1-4H3,(H,18,23). The molecule has 1 N–H and O–H groups in total. The van der Waals surface area contributed by atoms with Gasteiger partial charge in [0.25, 0.3) is 0 Å². The summed E-state index contributed by atoms with van der Waals surface area (Å²) in [5, 5.41) is 11.7. The van der Waals surface area contributed by atoms with Gasteiger partial charge in [-0.2, -0.15) is 5.10 Å². The van der Waals surface area contributed by atoms with Crippen LogP contribution in [0.1, 0.15) is 51.9 Å². The van der Waals surface area contributed by atoms with Crippen LogP contribution in [0.4, 0.5) is 5.95 Å². The first-order valence-electron chi connectivity index (χ1n) is 8.80. The van der Waals surface area contributed by atoms with Gasteiger partial charge in [0, 0.05) is 25.6 Å². The fourth-order valence-corrected chi connectivity index (χ4v) is 2.92. The minimum Gasteiger partial charge on any atom is -0.356 e. The maximum absolute atomic E-state index is 11.7. The summed E-state index contributed by atoms with van der Waals surface area (Å²) in [5.74, 6) is 1.35. The third-order valence-corrected chi connectivity index (χ3v) is 4.39. The number of anilines is 1. The highest BCUT2D eigenvalue weighted by atomic mass is 16.1. The van der Waals surface area contributed by atoms with E-state index in [1.165, 1.54) is 0 Å². The molecule has 1 saturated heterocycles. The Kier molecular flexibility index (Phi) is 6.30. The maximum atomic E-state index is 11.7. The lowest BCUT2D eigenvalue weighted by molar-refractivity contribution is -0.124. The van der Waals surface area contributed by atoms with Crippen molar-refractivity contribution in [2.75, 3.05) is 24.5 Å². The molecule has 1 aromatic heterocycles. The van der Waals surface area contributed by atoms with E-state index < -0.39 is 0 Å². The molecule has 1 unspecified atom stereocenters. The Labute approximate surface area is 139 Å². The van der Waals surface area contributed by atoms with Crippen molar-refractivity contribution in [3.05, 3.63) is 11.4 Å². The Morgan fingerprint density at radius 3 is 2.65 bits per heavy atom. The molecule has 0 aliphatic carbocycles. The largest absolute Gasteiger partial charge is 0.356 e. The number of aromatic nitrogens is 3. The fraction of sp³-hybridized carbons (Fsp3) is 0.765. The van der Waals surface area contributed by atoms with E-state index >= 15 is 0 Å². The molecular weight excluding hydrogens is 290 g/mol. The summed E-state index contributed by atoms with van der Waals surface area (Å²) >= 11 is 0. The normalized spacial score (nSPS) is 18.3. The minimum absolute atomic E-state index is 0.0379. The van der Waals surface area contributed by atoms with E-state index in [0.29, 0.717) is 5.92 Å². The Bertz CT molecular complexity index is 532. The van der Waals surface area contributed by atoms with Gasteiger partial charge in [0.2, 0.25) is 11.9 Å². The third-order valence-electron chi connectivity index (χ3n) is 4.39. The minimum atomic E-state index is 0.0379. The van der Waals surface area contributed by atoms with E-state index in [4.69, 9.17) is 4.98 Å². The second-order valence-corrected chi connectivity index (χ2v) is 6.57. The Morgan fingerprint density at radius 2 is 2.00 bits per heavy atom. The number of nitrogens with zero attached hydrogens (tertiary/aromatic N) is 4. The molecule has 1 amide bonds. The van der Waals surface area contributed by atoms with Crippen LogP contribution in [0.25, 0.3) is 0 Å². The molecular formula is C17H29N5O. The summed E-state index contributed by atoms with van der Waals surface area (Å²) in [4.78, 5) is 18.6. The monoisotopic (exact) mass is 319 g/mol. The summed E-state index contributed by atoms with van der Waals surface area (Å²) in [6.45, 7) is 10.6. The lowest BCUT2D eigenvalue weighted by Gasteiger charge is -2.33. The second-order valence-electron chi connectivity index (χ2n) is 6.57. The second kappa shape index (κ2) is 8.22. The van der Waals surface area contributed by atoms with Crippen molar-refractivity contribution in [1.29, 1.82) is 0 Å². The number of hydrogen-bond donors (Lipinski definition) is 1. The summed E-state index contributed by atoms with van der Waals surface area (Å²) in [6, 6.07) is 0. The maximum Gasteiger partial charge on any atom is 0.245 e. The van der Waals surface area contributed by atoms with Gasteiger partial charge in [-0.25, -0.2) is 4.98 Å². The number of hydrogen-bond acceptors (Lipinski definition) is 5. The number of rotatable bonds is 6. The molecule has 6 nitrogen and oxygen atoms in total. The fourth-order valence-electron chi connectivity index (χ4n) is 2.92. The van der Waals surface area contributed by atoms with Crippen molar-refractivity contribution in [3.63, 3.8) is 0 Å². The Hall–Kier alpha value is -1.72. The number of nitrogens with one attached hydrogen (secondary N) is 1. The highest BCUT2D eigenvalue weighted by Gasteiger charge is 2.23. The van der Waals surface area contributed by atoms with Crippen LogP contribution >= 0.6 is 0 Å². The van der Waals surface area contributed by atoms with E-state index in [2.05, 4.69) is 34.3 Å². The van der Waals surface area contributed by atoms with Crippen LogP contribution in [0.3, 0.4) is 0 Å². The highest BCUT2D eigenvalue weighted by molar-refractivity contribution is 5.77. The van der Waals surface area contributed by atoms with Crippen LogP contribution < -0.4 is 10.2 Å². The first kappa shape index (κ1) is 17.6. The van der Waals surface area contributed by atoms with Crippen LogP contribution in [-0.2, 0) is 17.6 Å². The van der Waals surface area contributed by atoms with E-state index in [9.17, 15) is 4.79 Å². The molecule has 2 heterocycles. The van der Waals surface area contributed by atoms with E-state index in [-0.39, 0.29) is 11.8 Å². The lowest BCUT2D eigenvalue weighted by Crippen LogP contribution is -2.42. The molecule has 1 aliphatic heterocycles. The van der Waals surface area contributed by atoms with Crippen molar-refractivity contribution in [3.8, 4) is 0 Å². The zero-order valence-corrected chi connectivity index (χ0v) is 14.8. The van der Waals surface area contributed by atoms with E-state index in [1.807, 2.05) is 13.8 Å². The highest BCUT2D eigenvalue weighted by Crippen LogP contribution is 2.20. The van der Waals surface area contributed by atoms with Crippen LogP contribution in [-0.4, -0.2) is 40.7 Å². The molecule has 6 heteroatoms. The van der Waals surface area contributed by atoms with Gasteiger partial charge in [-0.05, 0) is 31.6 Å². The zero-order chi connectivity index (χ0) is 16.8. The first-order valence-corrected chi connectivity index (χ1v) is 8.80. The Balaban J connectivity index is 1.99. The molecule has 0 bridgehead atoms. The number of aryl methyl sites for hydroxylation is 2. The average molecular weight is 319 g/mol. The topological polar surface area (TPSA) is 71.0 Å². The average Bonchev–Trinajstić information content (AvgIpc) is 2.59. The van der Waals surface area contributed by atoms with E-state index in [0.717, 1.165) is 62.7 Å². The number of carbonyl (C=O) groups excluding carboxylic acids is 1. The molecule has 0 aromatic carbocycles. The van der Waals surface area contributed by atoms with Crippen molar-refractivity contribution in [2.45, 2.75) is 53.4 Å². The molecule has 2 rings (SSSR count). The van der Waals surface area contributed by atoms with Crippen LogP contribution in [0, 0.1) is 11.8 Å². The quantitative estimate of drug-likeness (QED) is 0.868. The molecule has 1 fully saturated rings. The molecule has 1 atom stereocenters. The van der Waals surface area contributed by atoms with Gasteiger partial charge >= 0.3 is 0 Å².